The number of anilines is 1. The predicted molar refractivity (Wildman–Crippen MR) is 103 cm³/mol. The molecule has 0 saturated carbocycles. The van der Waals surface area contributed by atoms with Crippen LogP contribution in [0.15, 0.2) is 60.1 Å². The molecule has 0 amide bonds. The van der Waals surface area contributed by atoms with E-state index in [1.807, 2.05) is 31.2 Å². The Morgan fingerprint density at radius 1 is 1.31 bits per heavy atom. The minimum absolute atomic E-state index is 0.00853. The molecule has 6 nitrogen and oxygen atoms in total. The minimum Gasteiger partial charge on any atom is -0.360 e. The van der Waals surface area contributed by atoms with E-state index in [9.17, 15) is 15.4 Å². The highest BCUT2D eigenvalue weighted by molar-refractivity contribution is 7.11. The standard InChI is InChI=1S/C19H14N4O2S/c1-13-4-2-6-16(8-13)21-11-15(10-20)19-22-18(12-26-19)14-5-3-7-17(9-14)23(24)25/h2-9,11-12,21H,1H3/b15-11-. The lowest BCUT2D eigenvalue weighted by molar-refractivity contribution is -0.384. The first-order valence-electron chi connectivity index (χ1n) is 7.71. The predicted octanol–water partition coefficient (Wildman–Crippen LogP) is 5.00. The van der Waals surface area contributed by atoms with Crippen molar-refractivity contribution in [1.29, 1.82) is 5.26 Å². The molecule has 0 aliphatic carbocycles. The first-order chi connectivity index (χ1) is 12.6. The molecule has 3 aromatic rings. The Morgan fingerprint density at radius 2 is 2.12 bits per heavy atom. The molecule has 0 aliphatic rings. The second kappa shape index (κ2) is 7.59. The summed E-state index contributed by atoms with van der Waals surface area (Å²) in [6.45, 7) is 1.99. The van der Waals surface area contributed by atoms with E-state index in [0.717, 1.165) is 11.3 Å². The van der Waals surface area contributed by atoms with Crippen LogP contribution in [-0.2, 0) is 0 Å². The average Bonchev–Trinajstić information content (AvgIpc) is 3.12. The van der Waals surface area contributed by atoms with E-state index in [2.05, 4.69) is 16.4 Å². The normalized spacial score (nSPS) is 11.0. The van der Waals surface area contributed by atoms with Gasteiger partial charge < -0.3 is 5.32 Å². The van der Waals surface area contributed by atoms with Crippen LogP contribution in [0.4, 0.5) is 11.4 Å². The van der Waals surface area contributed by atoms with Gasteiger partial charge >= 0.3 is 0 Å². The average molecular weight is 362 g/mol. The Labute approximate surface area is 154 Å². The Bertz CT molecular complexity index is 1030. The lowest BCUT2D eigenvalue weighted by Gasteiger charge is -2.02. The number of benzene rings is 2. The van der Waals surface area contributed by atoms with Crippen LogP contribution in [0.3, 0.4) is 0 Å². The molecule has 7 heteroatoms. The summed E-state index contributed by atoms with van der Waals surface area (Å²) in [7, 11) is 0. The molecule has 0 unspecified atom stereocenters. The molecule has 26 heavy (non-hydrogen) atoms. The number of thiazole rings is 1. The third kappa shape index (κ3) is 3.94. The van der Waals surface area contributed by atoms with Crippen LogP contribution >= 0.6 is 11.3 Å². The number of non-ortho nitro benzene ring substituents is 1. The monoisotopic (exact) mass is 362 g/mol. The molecular formula is C19H14N4O2S. The van der Waals surface area contributed by atoms with Gasteiger partial charge in [-0.3, -0.25) is 10.1 Å². The van der Waals surface area contributed by atoms with E-state index < -0.39 is 4.92 Å². The maximum atomic E-state index is 10.9. The molecule has 0 spiro atoms. The SMILES string of the molecule is Cc1cccc(N/C=C(/C#N)c2nc(-c3cccc([N+](=O)[O-])c3)cs2)c1. The van der Waals surface area contributed by atoms with Gasteiger partial charge in [-0.2, -0.15) is 5.26 Å². The summed E-state index contributed by atoms with van der Waals surface area (Å²) in [6, 6.07) is 16.2. The molecule has 0 atom stereocenters. The summed E-state index contributed by atoms with van der Waals surface area (Å²) in [5, 5.41) is 25.8. The first-order valence-corrected chi connectivity index (χ1v) is 8.59. The molecule has 0 fully saturated rings. The first kappa shape index (κ1) is 17.3. The minimum atomic E-state index is -0.441. The smallest absolute Gasteiger partial charge is 0.270 e. The molecule has 1 N–H and O–H groups in total. The molecule has 128 valence electrons. The van der Waals surface area contributed by atoms with E-state index in [4.69, 9.17) is 0 Å². The van der Waals surface area contributed by atoms with Gasteiger partial charge in [0.1, 0.15) is 16.6 Å². The van der Waals surface area contributed by atoms with Crippen molar-refractivity contribution in [3.8, 4) is 17.3 Å². The highest BCUT2D eigenvalue weighted by Gasteiger charge is 2.12. The quantitative estimate of drug-likeness (QED) is 0.391. The molecule has 1 aromatic heterocycles. The van der Waals surface area contributed by atoms with Crippen LogP contribution in [0.5, 0.6) is 0 Å². The number of nitrogens with zero attached hydrogens (tertiary/aromatic N) is 3. The largest absolute Gasteiger partial charge is 0.360 e. The summed E-state index contributed by atoms with van der Waals surface area (Å²) in [5.41, 5.74) is 3.65. The zero-order valence-electron chi connectivity index (χ0n) is 13.8. The molecule has 3 rings (SSSR count). The van der Waals surface area contributed by atoms with Crippen molar-refractivity contribution < 1.29 is 4.92 Å². The number of aryl methyl sites for hydroxylation is 1. The van der Waals surface area contributed by atoms with E-state index in [-0.39, 0.29) is 5.69 Å². The molecule has 2 aromatic carbocycles. The van der Waals surface area contributed by atoms with E-state index in [1.54, 1.807) is 23.7 Å². The highest BCUT2D eigenvalue weighted by atomic mass is 32.1. The van der Waals surface area contributed by atoms with Crippen LogP contribution in [-0.4, -0.2) is 9.91 Å². The second-order valence-corrected chi connectivity index (χ2v) is 6.39. The van der Waals surface area contributed by atoms with Gasteiger partial charge in [0.25, 0.3) is 5.69 Å². The van der Waals surface area contributed by atoms with Crippen molar-refractivity contribution >= 4 is 28.3 Å². The fourth-order valence-electron chi connectivity index (χ4n) is 2.34. The lowest BCUT2D eigenvalue weighted by Crippen LogP contribution is -1.91. The number of rotatable bonds is 5. The third-order valence-electron chi connectivity index (χ3n) is 3.61. The van der Waals surface area contributed by atoms with Crippen molar-refractivity contribution in [1.82, 2.24) is 4.98 Å². The van der Waals surface area contributed by atoms with Crippen molar-refractivity contribution in [3.63, 3.8) is 0 Å². The number of nitriles is 1. The summed E-state index contributed by atoms with van der Waals surface area (Å²) >= 11 is 1.32. The number of aromatic nitrogens is 1. The van der Waals surface area contributed by atoms with Crippen molar-refractivity contribution in [3.05, 3.63) is 80.8 Å². The zero-order valence-corrected chi connectivity index (χ0v) is 14.7. The summed E-state index contributed by atoms with van der Waals surface area (Å²) in [6.07, 6.45) is 1.62. The van der Waals surface area contributed by atoms with Crippen LogP contribution in [0.2, 0.25) is 0 Å². The molecule has 0 radical (unpaired) electrons. The van der Waals surface area contributed by atoms with Gasteiger partial charge in [0.15, 0.2) is 0 Å². The number of nitro groups is 1. The molecule has 1 heterocycles. The number of allylic oxidation sites excluding steroid dienone is 1. The van der Waals surface area contributed by atoms with Crippen LogP contribution in [0.1, 0.15) is 10.6 Å². The van der Waals surface area contributed by atoms with Crippen LogP contribution < -0.4 is 5.32 Å². The van der Waals surface area contributed by atoms with Crippen molar-refractivity contribution in [2.45, 2.75) is 6.92 Å². The second-order valence-electron chi connectivity index (χ2n) is 5.53. The number of nitrogens with one attached hydrogen (secondary N) is 1. The van der Waals surface area contributed by atoms with Gasteiger partial charge in [0.05, 0.1) is 10.6 Å². The molecule has 0 aliphatic heterocycles. The van der Waals surface area contributed by atoms with Crippen LogP contribution in [0, 0.1) is 28.4 Å². The number of hydrogen-bond acceptors (Lipinski definition) is 6. The van der Waals surface area contributed by atoms with Gasteiger partial charge in [-0.25, -0.2) is 4.98 Å². The highest BCUT2D eigenvalue weighted by Crippen LogP contribution is 2.28. The summed E-state index contributed by atoms with van der Waals surface area (Å²) in [4.78, 5) is 14.9. The molecule has 0 saturated heterocycles. The van der Waals surface area contributed by atoms with Gasteiger partial charge in [0.2, 0.25) is 0 Å². The maximum absolute atomic E-state index is 10.9. The molecule has 0 bridgehead atoms. The van der Waals surface area contributed by atoms with Crippen LogP contribution in [0.25, 0.3) is 16.8 Å². The Kier molecular flexibility index (Phi) is 5.06. The van der Waals surface area contributed by atoms with E-state index >= 15 is 0 Å². The zero-order chi connectivity index (χ0) is 18.5. The van der Waals surface area contributed by atoms with Gasteiger partial charge in [-0.15, -0.1) is 11.3 Å². The Balaban J connectivity index is 1.85. The third-order valence-corrected chi connectivity index (χ3v) is 4.48. The topological polar surface area (TPSA) is 91.8 Å². The fourth-order valence-corrected chi connectivity index (χ4v) is 3.14. The van der Waals surface area contributed by atoms with Gasteiger partial charge in [-0.1, -0.05) is 24.3 Å². The molecular weight excluding hydrogens is 348 g/mol. The van der Waals surface area contributed by atoms with Gasteiger partial charge in [0, 0.05) is 35.0 Å². The number of nitro benzene ring substituents is 1. The Hall–Kier alpha value is -3.50. The van der Waals surface area contributed by atoms with E-state index in [0.29, 0.717) is 21.8 Å². The number of hydrogen-bond donors (Lipinski definition) is 1. The Morgan fingerprint density at radius 3 is 2.85 bits per heavy atom. The lowest BCUT2D eigenvalue weighted by atomic mass is 10.1. The fraction of sp³-hybridized carbons (Fsp3) is 0.0526. The summed E-state index contributed by atoms with van der Waals surface area (Å²) < 4.78 is 0. The maximum Gasteiger partial charge on any atom is 0.270 e. The van der Waals surface area contributed by atoms with Gasteiger partial charge in [-0.05, 0) is 24.6 Å². The van der Waals surface area contributed by atoms with Crippen molar-refractivity contribution in [2.75, 3.05) is 5.32 Å². The summed E-state index contributed by atoms with van der Waals surface area (Å²) in [5.74, 6) is 0. The van der Waals surface area contributed by atoms with E-state index in [1.165, 1.54) is 23.5 Å². The van der Waals surface area contributed by atoms with Crippen molar-refractivity contribution in [2.24, 2.45) is 0 Å².